The van der Waals surface area contributed by atoms with Crippen LogP contribution in [0.25, 0.3) is 0 Å². The zero-order valence-corrected chi connectivity index (χ0v) is 6.88. The molecule has 0 aromatic rings. The van der Waals surface area contributed by atoms with Gasteiger partial charge in [0.1, 0.15) is 0 Å². The van der Waals surface area contributed by atoms with Crippen LogP contribution in [0.2, 0.25) is 0 Å². The first kappa shape index (κ1) is 7.59. The van der Waals surface area contributed by atoms with Gasteiger partial charge in [-0.15, -0.1) is 0 Å². The minimum atomic E-state index is 0.810. The van der Waals surface area contributed by atoms with Crippen molar-refractivity contribution in [2.45, 2.75) is 26.7 Å². The lowest BCUT2D eigenvalue weighted by atomic mass is 9.92. The van der Waals surface area contributed by atoms with Crippen LogP contribution in [0.1, 0.15) is 26.7 Å². The van der Waals surface area contributed by atoms with Crippen LogP contribution in [0, 0.1) is 11.8 Å². The van der Waals surface area contributed by atoms with Crippen molar-refractivity contribution in [3.05, 3.63) is 24.3 Å². The fourth-order valence-corrected chi connectivity index (χ4v) is 1.41. The molecule has 0 radical (unpaired) electrons. The van der Waals surface area contributed by atoms with E-state index in [-0.39, 0.29) is 0 Å². The minimum Gasteiger partial charge on any atom is -0.0840 e. The van der Waals surface area contributed by atoms with Crippen LogP contribution in [0.3, 0.4) is 0 Å². The van der Waals surface area contributed by atoms with Crippen LogP contribution in [-0.2, 0) is 0 Å². The van der Waals surface area contributed by atoms with Gasteiger partial charge in [0.05, 0.1) is 0 Å². The molecule has 56 valence electrons. The summed E-state index contributed by atoms with van der Waals surface area (Å²) in [6.45, 7) is 4.57. The zero-order chi connectivity index (χ0) is 7.40. The summed E-state index contributed by atoms with van der Waals surface area (Å²) < 4.78 is 0. The molecule has 0 amide bonds. The molecule has 0 aromatic carbocycles. The summed E-state index contributed by atoms with van der Waals surface area (Å²) in [4.78, 5) is 0. The van der Waals surface area contributed by atoms with Gasteiger partial charge in [-0.1, -0.05) is 38.2 Å². The second kappa shape index (κ2) is 3.60. The maximum atomic E-state index is 2.32. The number of hydrogen-bond donors (Lipinski definition) is 0. The van der Waals surface area contributed by atoms with Crippen LogP contribution in [0.15, 0.2) is 24.3 Å². The van der Waals surface area contributed by atoms with Crippen molar-refractivity contribution < 1.29 is 0 Å². The van der Waals surface area contributed by atoms with Crippen molar-refractivity contribution in [1.82, 2.24) is 0 Å². The molecule has 1 atom stereocenters. The normalized spacial score (nSPS) is 24.1. The molecule has 0 N–H and O–H groups in total. The van der Waals surface area contributed by atoms with Crippen molar-refractivity contribution in [3.8, 4) is 0 Å². The van der Waals surface area contributed by atoms with Crippen molar-refractivity contribution in [1.29, 1.82) is 0 Å². The van der Waals surface area contributed by atoms with Crippen LogP contribution in [0.5, 0.6) is 0 Å². The predicted molar refractivity (Wildman–Crippen MR) is 45.8 cm³/mol. The number of rotatable bonds is 2. The van der Waals surface area contributed by atoms with E-state index in [1.807, 2.05) is 0 Å². The Kier molecular flexibility index (Phi) is 2.73. The van der Waals surface area contributed by atoms with E-state index >= 15 is 0 Å². The Morgan fingerprint density at radius 3 is 2.70 bits per heavy atom. The fraction of sp³-hybridized carbons (Fsp3) is 0.600. The first-order chi connectivity index (χ1) is 4.79. The maximum Gasteiger partial charge on any atom is -0.0193 e. The molecule has 0 nitrogen and oxygen atoms in total. The van der Waals surface area contributed by atoms with E-state index in [9.17, 15) is 0 Å². The van der Waals surface area contributed by atoms with Gasteiger partial charge >= 0.3 is 0 Å². The monoisotopic (exact) mass is 136 g/mol. The van der Waals surface area contributed by atoms with Gasteiger partial charge in [0.25, 0.3) is 0 Å². The van der Waals surface area contributed by atoms with Gasteiger partial charge in [0, 0.05) is 0 Å². The molecule has 0 spiro atoms. The Balaban J connectivity index is 2.30. The van der Waals surface area contributed by atoms with Crippen LogP contribution in [0.4, 0.5) is 0 Å². The Morgan fingerprint density at radius 1 is 1.40 bits per heavy atom. The van der Waals surface area contributed by atoms with E-state index < -0.39 is 0 Å². The van der Waals surface area contributed by atoms with Gasteiger partial charge in [0.15, 0.2) is 0 Å². The zero-order valence-electron chi connectivity index (χ0n) is 6.88. The summed E-state index contributed by atoms with van der Waals surface area (Å²) in [5, 5.41) is 0. The van der Waals surface area contributed by atoms with Crippen molar-refractivity contribution in [2.24, 2.45) is 11.8 Å². The summed E-state index contributed by atoms with van der Waals surface area (Å²) in [6, 6.07) is 0. The van der Waals surface area contributed by atoms with E-state index in [0.717, 1.165) is 11.8 Å². The lowest BCUT2D eigenvalue weighted by Gasteiger charge is -2.14. The van der Waals surface area contributed by atoms with Crippen LogP contribution >= 0.6 is 0 Å². The molecule has 0 saturated carbocycles. The second-order valence-electron chi connectivity index (χ2n) is 3.44. The first-order valence-corrected chi connectivity index (χ1v) is 4.12. The van der Waals surface area contributed by atoms with E-state index in [1.54, 1.807) is 0 Å². The third kappa shape index (κ3) is 2.38. The van der Waals surface area contributed by atoms with E-state index in [1.165, 1.54) is 12.8 Å². The predicted octanol–water partition coefficient (Wildman–Crippen LogP) is 3.16. The van der Waals surface area contributed by atoms with E-state index in [0.29, 0.717) is 0 Å². The SMILES string of the molecule is CC(C)CC1C=CC=CC1. The third-order valence-corrected chi connectivity index (χ3v) is 1.84. The Labute approximate surface area is 63.6 Å². The molecule has 10 heavy (non-hydrogen) atoms. The standard InChI is InChI=1S/C10H16/c1-9(2)8-10-6-4-3-5-7-10/h3-6,9-10H,7-8H2,1-2H3. The molecule has 1 rings (SSSR count). The Bertz CT molecular complexity index is 140. The lowest BCUT2D eigenvalue weighted by Crippen LogP contribution is -2.01. The summed E-state index contributed by atoms with van der Waals surface area (Å²) >= 11 is 0. The van der Waals surface area contributed by atoms with Crippen LogP contribution < -0.4 is 0 Å². The third-order valence-electron chi connectivity index (χ3n) is 1.84. The molecule has 0 bridgehead atoms. The minimum absolute atomic E-state index is 0.810. The average molecular weight is 136 g/mol. The molecule has 0 fully saturated rings. The van der Waals surface area contributed by atoms with E-state index in [4.69, 9.17) is 0 Å². The topological polar surface area (TPSA) is 0 Å². The molecule has 1 aliphatic rings. The summed E-state index contributed by atoms with van der Waals surface area (Å²) in [5.74, 6) is 1.64. The molecule has 1 aliphatic carbocycles. The van der Waals surface area contributed by atoms with Gasteiger partial charge < -0.3 is 0 Å². The average Bonchev–Trinajstić information content (AvgIpc) is 1.88. The molecule has 0 saturated heterocycles. The van der Waals surface area contributed by atoms with Crippen LogP contribution in [-0.4, -0.2) is 0 Å². The maximum absolute atomic E-state index is 2.32. The van der Waals surface area contributed by atoms with E-state index in [2.05, 4.69) is 38.2 Å². The highest BCUT2D eigenvalue weighted by atomic mass is 14.1. The van der Waals surface area contributed by atoms with Crippen molar-refractivity contribution in [2.75, 3.05) is 0 Å². The molecule has 0 heterocycles. The Morgan fingerprint density at radius 2 is 2.20 bits per heavy atom. The molecule has 0 heteroatoms. The highest BCUT2D eigenvalue weighted by molar-refractivity contribution is 5.10. The van der Waals surface area contributed by atoms with Crippen molar-refractivity contribution in [3.63, 3.8) is 0 Å². The van der Waals surface area contributed by atoms with Crippen molar-refractivity contribution >= 4 is 0 Å². The van der Waals surface area contributed by atoms with Gasteiger partial charge in [-0.05, 0) is 24.7 Å². The second-order valence-corrected chi connectivity index (χ2v) is 3.44. The molecule has 0 aliphatic heterocycles. The van der Waals surface area contributed by atoms with Gasteiger partial charge in [-0.3, -0.25) is 0 Å². The smallest absolute Gasteiger partial charge is 0.0193 e. The quantitative estimate of drug-likeness (QED) is 0.547. The summed E-state index contributed by atoms with van der Waals surface area (Å²) in [7, 11) is 0. The summed E-state index contributed by atoms with van der Waals surface area (Å²) in [5.41, 5.74) is 0. The molecular weight excluding hydrogens is 120 g/mol. The molecule has 0 aromatic heterocycles. The van der Waals surface area contributed by atoms with Gasteiger partial charge in [-0.2, -0.15) is 0 Å². The Hall–Kier alpha value is -0.520. The highest BCUT2D eigenvalue weighted by Crippen LogP contribution is 2.19. The fourth-order valence-electron chi connectivity index (χ4n) is 1.41. The van der Waals surface area contributed by atoms with Gasteiger partial charge in [0.2, 0.25) is 0 Å². The highest BCUT2D eigenvalue weighted by Gasteiger charge is 2.06. The lowest BCUT2D eigenvalue weighted by molar-refractivity contribution is 0.476. The number of allylic oxidation sites excluding steroid dienone is 4. The van der Waals surface area contributed by atoms with Gasteiger partial charge in [-0.25, -0.2) is 0 Å². The largest absolute Gasteiger partial charge is 0.0840 e. The molecular formula is C10H16. The summed E-state index contributed by atoms with van der Waals surface area (Å²) in [6.07, 6.45) is 11.5. The number of hydrogen-bond acceptors (Lipinski definition) is 0. The first-order valence-electron chi connectivity index (χ1n) is 4.12. The molecule has 1 unspecified atom stereocenters.